The molecule has 0 aromatic heterocycles. The molecule has 98 valence electrons. The molecular formula is C15H26O2. The van der Waals surface area contributed by atoms with E-state index in [1.165, 1.54) is 19.8 Å². The van der Waals surface area contributed by atoms with E-state index in [0.29, 0.717) is 6.61 Å². The highest BCUT2D eigenvalue weighted by Gasteiger charge is 1.92. The number of hydrogen-bond acceptors (Lipinski definition) is 2. The molecule has 2 nitrogen and oxygen atoms in total. The van der Waals surface area contributed by atoms with Crippen LogP contribution in [0.4, 0.5) is 0 Å². The molecule has 0 rings (SSSR count). The zero-order valence-electron chi connectivity index (χ0n) is 11.3. The highest BCUT2D eigenvalue weighted by molar-refractivity contribution is 5.65. The van der Waals surface area contributed by atoms with Crippen LogP contribution in [0.5, 0.6) is 0 Å². The van der Waals surface area contributed by atoms with Crippen LogP contribution in [0.15, 0.2) is 24.3 Å². The second-order valence-electron chi connectivity index (χ2n) is 4.13. The van der Waals surface area contributed by atoms with Gasteiger partial charge in [0.25, 0.3) is 0 Å². The van der Waals surface area contributed by atoms with Gasteiger partial charge in [-0.2, -0.15) is 0 Å². The van der Waals surface area contributed by atoms with Crippen molar-refractivity contribution in [2.45, 2.75) is 58.8 Å². The minimum atomic E-state index is -0.173. The molecule has 0 bridgehead atoms. The highest BCUT2D eigenvalue weighted by atomic mass is 16.5. The van der Waals surface area contributed by atoms with Gasteiger partial charge in [-0.05, 0) is 32.1 Å². The fourth-order valence-corrected chi connectivity index (χ4v) is 1.49. The van der Waals surface area contributed by atoms with E-state index in [-0.39, 0.29) is 5.97 Å². The molecule has 0 spiro atoms. The molecule has 0 aliphatic heterocycles. The maximum atomic E-state index is 10.5. The van der Waals surface area contributed by atoms with E-state index in [1.807, 2.05) is 0 Å². The molecule has 0 radical (unpaired) electrons. The third kappa shape index (κ3) is 14.9. The molecule has 17 heavy (non-hydrogen) atoms. The average molecular weight is 238 g/mol. The van der Waals surface area contributed by atoms with Crippen molar-refractivity contribution < 1.29 is 9.53 Å². The van der Waals surface area contributed by atoms with Crippen LogP contribution in [0, 0.1) is 0 Å². The maximum absolute atomic E-state index is 10.5. The lowest BCUT2D eigenvalue weighted by Gasteiger charge is -2.00. The Labute approximate surface area is 106 Å². The lowest BCUT2D eigenvalue weighted by molar-refractivity contribution is -0.141. The van der Waals surface area contributed by atoms with Crippen molar-refractivity contribution in [1.82, 2.24) is 0 Å². The van der Waals surface area contributed by atoms with Gasteiger partial charge in [-0.15, -0.1) is 0 Å². The first-order valence-corrected chi connectivity index (χ1v) is 6.70. The summed E-state index contributed by atoms with van der Waals surface area (Å²) in [5.74, 6) is -0.173. The third-order valence-corrected chi connectivity index (χ3v) is 2.41. The Morgan fingerprint density at radius 3 is 2.41 bits per heavy atom. The maximum Gasteiger partial charge on any atom is 0.302 e. The molecule has 0 saturated carbocycles. The molecule has 0 aromatic carbocycles. The molecule has 0 aliphatic rings. The first-order chi connectivity index (χ1) is 8.27. The minimum Gasteiger partial charge on any atom is -0.466 e. The standard InChI is InChI=1S/C15H26O2/c1-3-4-5-6-7-8-9-10-11-12-13-14-17-15(2)16/h4-5,7-8H,3,6,9-14H2,1-2H3/b5-4?,8-7-. The van der Waals surface area contributed by atoms with Gasteiger partial charge in [-0.1, -0.05) is 44.1 Å². The largest absolute Gasteiger partial charge is 0.466 e. The Bertz CT molecular complexity index is 229. The summed E-state index contributed by atoms with van der Waals surface area (Å²) in [4.78, 5) is 10.5. The molecule has 0 N–H and O–H groups in total. The average Bonchev–Trinajstić information content (AvgIpc) is 2.30. The summed E-state index contributed by atoms with van der Waals surface area (Å²) in [7, 11) is 0. The molecule has 0 fully saturated rings. The van der Waals surface area contributed by atoms with Crippen LogP contribution in [0.3, 0.4) is 0 Å². The van der Waals surface area contributed by atoms with Gasteiger partial charge in [-0.3, -0.25) is 4.79 Å². The molecule has 0 saturated heterocycles. The molecular weight excluding hydrogens is 212 g/mol. The molecule has 0 atom stereocenters. The third-order valence-electron chi connectivity index (χ3n) is 2.41. The van der Waals surface area contributed by atoms with Crippen LogP contribution in [-0.2, 0) is 9.53 Å². The predicted octanol–water partition coefficient (Wildman–Crippen LogP) is 4.41. The van der Waals surface area contributed by atoms with Crippen molar-refractivity contribution in [3.8, 4) is 0 Å². The van der Waals surface area contributed by atoms with Gasteiger partial charge in [0.1, 0.15) is 0 Å². The molecule has 0 aromatic rings. The van der Waals surface area contributed by atoms with Crippen molar-refractivity contribution in [2.75, 3.05) is 6.61 Å². The van der Waals surface area contributed by atoms with Gasteiger partial charge in [0.2, 0.25) is 0 Å². The van der Waals surface area contributed by atoms with Gasteiger partial charge in [0, 0.05) is 6.92 Å². The summed E-state index contributed by atoms with van der Waals surface area (Å²) in [5, 5.41) is 0. The zero-order valence-corrected chi connectivity index (χ0v) is 11.3. The topological polar surface area (TPSA) is 26.3 Å². The number of ether oxygens (including phenoxy) is 1. The summed E-state index contributed by atoms with van der Waals surface area (Å²) < 4.78 is 4.86. The number of allylic oxidation sites excluding steroid dienone is 4. The first-order valence-electron chi connectivity index (χ1n) is 6.70. The zero-order chi connectivity index (χ0) is 12.8. The summed E-state index contributed by atoms with van der Waals surface area (Å²) >= 11 is 0. The first kappa shape index (κ1) is 16.0. The van der Waals surface area contributed by atoms with Crippen LogP contribution >= 0.6 is 0 Å². The number of hydrogen-bond donors (Lipinski definition) is 0. The lowest BCUT2D eigenvalue weighted by Crippen LogP contribution is -1.99. The number of esters is 1. The van der Waals surface area contributed by atoms with Gasteiger partial charge >= 0.3 is 5.97 Å². The number of carbonyl (C=O) groups excluding carboxylic acids is 1. The van der Waals surface area contributed by atoms with E-state index in [4.69, 9.17) is 4.74 Å². The van der Waals surface area contributed by atoms with E-state index >= 15 is 0 Å². The van der Waals surface area contributed by atoms with Crippen LogP contribution in [0.1, 0.15) is 58.8 Å². The second-order valence-corrected chi connectivity index (χ2v) is 4.13. The van der Waals surface area contributed by atoms with Crippen molar-refractivity contribution in [1.29, 1.82) is 0 Å². The molecule has 0 heterocycles. The smallest absolute Gasteiger partial charge is 0.302 e. The Hall–Kier alpha value is -1.05. The Morgan fingerprint density at radius 1 is 1.00 bits per heavy atom. The molecule has 2 heteroatoms. The Morgan fingerprint density at radius 2 is 1.71 bits per heavy atom. The van der Waals surface area contributed by atoms with Crippen LogP contribution in [0.2, 0.25) is 0 Å². The molecule has 0 amide bonds. The van der Waals surface area contributed by atoms with Crippen molar-refractivity contribution in [3.63, 3.8) is 0 Å². The van der Waals surface area contributed by atoms with E-state index in [1.54, 1.807) is 0 Å². The summed E-state index contributed by atoms with van der Waals surface area (Å²) in [6.45, 7) is 4.18. The van der Waals surface area contributed by atoms with Crippen molar-refractivity contribution >= 4 is 5.97 Å². The van der Waals surface area contributed by atoms with E-state index in [2.05, 4.69) is 31.2 Å². The second kappa shape index (κ2) is 13.0. The number of unbranched alkanes of at least 4 members (excludes halogenated alkanes) is 4. The van der Waals surface area contributed by atoms with Crippen LogP contribution < -0.4 is 0 Å². The Balaban J connectivity index is 3.12. The monoisotopic (exact) mass is 238 g/mol. The van der Waals surface area contributed by atoms with Gasteiger partial charge in [0.15, 0.2) is 0 Å². The molecule has 0 aliphatic carbocycles. The van der Waals surface area contributed by atoms with E-state index in [9.17, 15) is 4.79 Å². The summed E-state index contributed by atoms with van der Waals surface area (Å²) in [6.07, 6.45) is 16.8. The molecule has 0 unspecified atom stereocenters. The highest BCUT2D eigenvalue weighted by Crippen LogP contribution is 2.04. The Kier molecular flexibility index (Phi) is 12.2. The van der Waals surface area contributed by atoms with Crippen LogP contribution in [-0.4, -0.2) is 12.6 Å². The van der Waals surface area contributed by atoms with Gasteiger partial charge < -0.3 is 4.74 Å². The van der Waals surface area contributed by atoms with Crippen molar-refractivity contribution in [2.24, 2.45) is 0 Å². The fraction of sp³-hybridized carbons (Fsp3) is 0.667. The normalized spacial score (nSPS) is 11.4. The number of carbonyl (C=O) groups is 1. The van der Waals surface area contributed by atoms with E-state index < -0.39 is 0 Å². The van der Waals surface area contributed by atoms with Gasteiger partial charge in [-0.25, -0.2) is 0 Å². The SMILES string of the molecule is CCC=CC/C=C\CCCCCCOC(C)=O. The van der Waals surface area contributed by atoms with Crippen molar-refractivity contribution in [3.05, 3.63) is 24.3 Å². The van der Waals surface area contributed by atoms with Gasteiger partial charge in [0.05, 0.1) is 6.61 Å². The fourth-order valence-electron chi connectivity index (χ4n) is 1.49. The predicted molar refractivity (Wildman–Crippen MR) is 72.9 cm³/mol. The summed E-state index contributed by atoms with van der Waals surface area (Å²) in [6, 6.07) is 0. The summed E-state index contributed by atoms with van der Waals surface area (Å²) in [5.41, 5.74) is 0. The lowest BCUT2D eigenvalue weighted by atomic mass is 10.1. The van der Waals surface area contributed by atoms with Crippen LogP contribution in [0.25, 0.3) is 0 Å². The minimum absolute atomic E-state index is 0.173. The number of rotatable bonds is 10. The van der Waals surface area contributed by atoms with E-state index in [0.717, 1.165) is 32.1 Å². The quantitative estimate of drug-likeness (QED) is 0.320.